The highest BCUT2D eigenvalue weighted by Crippen LogP contribution is 2.34. The van der Waals surface area contributed by atoms with Gasteiger partial charge in [-0.2, -0.15) is 0 Å². The van der Waals surface area contributed by atoms with Crippen molar-refractivity contribution in [1.29, 1.82) is 0 Å². The maximum Gasteiger partial charge on any atom is 0.261 e. The lowest BCUT2D eigenvalue weighted by molar-refractivity contribution is 0.0619. The third kappa shape index (κ3) is 6.31. The lowest BCUT2D eigenvalue weighted by atomic mass is 9.76. The molecule has 1 atom stereocenters. The summed E-state index contributed by atoms with van der Waals surface area (Å²) in [4.78, 5) is 25.6. The number of nitrogens with zero attached hydrogens (tertiary/aromatic N) is 1. The van der Waals surface area contributed by atoms with Crippen LogP contribution in [0.15, 0.2) is 72.9 Å². The minimum atomic E-state index is -0.193. The standard InChI is InChI=1S/C16H28.C14H11NO2/c1-8-10-11-14(9-2)15(13(3)4)12-16(5,6)7;1-2-15-13(16)10-7-3-5-9-6-4-8-11(12(9)10)14(15)17/h8-11,13,15H,1,12H2,2-7H3;3-8H,2H2,1H3/b11-10-,14-9+;. The van der Waals surface area contributed by atoms with Gasteiger partial charge in [0.05, 0.1) is 0 Å². The van der Waals surface area contributed by atoms with Gasteiger partial charge in [-0.15, -0.1) is 0 Å². The number of hydrogen-bond acceptors (Lipinski definition) is 2. The fourth-order valence-electron chi connectivity index (χ4n) is 4.38. The Morgan fingerprint density at radius 2 is 1.58 bits per heavy atom. The zero-order valence-electron chi connectivity index (χ0n) is 21.3. The molecule has 3 rings (SSSR count). The molecule has 0 N–H and O–H groups in total. The average molecular weight is 446 g/mol. The van der Waals surface area contributed by atoms with Crippen LogP contribution in [-0.2, 0) is 0 Å². The molecule has 33 heavy (non-hydrogen) atoms. The Balaban J connectivity index is 0.000000235. The Morgan fingerprint density at radius 3 is 1.97 bits per heavy atom. The summed E-state index contributed by atoms with van der Waals surface area (Å²) in [5, 5.41) is 1.73. The molecular formula is C30H39NO2. The first-order valence-electron chi connectivity index (χ1n) is 11.9. The first kappa shape index (κ1) is 26.3. The summed E-state index contributed by atoms with van der Waals surface area (Å²) in [6.07, 6.45) is 9.54. The number of rotatable bonds is 6. The first-order valence-corrected chi connectivity index (χ1v) is 11.9. The first-order chi connectivity index (χ1) is 15.6. The summed E-state index contributed by atoms with van der Waals surface area (Å²) < 4.78 is 0. The summed E-state index contributed by atoms with van der Waals surface area (Å²) >= 11 is 0. The molecule has 1 unspecified atom stereocenters. The van der Waals surface area contributed by atoms with E-state index in [4.69, 9.17) is 0 Å². The van der Waals surface area contributed by atoms with Crippen molar-refractivity contribution in [3.05, 3.63) is 84.0 Å². The average Bonchev–Trinajstić information content (AvgIpc) is 2.77. The normalized spacial score (nSPS) is 15.2. The van der Waals surface area contributed by atoms with Gasteiger partial charge in [0, 0.05) is 23.1 Å². The van der Waals surface area contributed by atoms with Gasteiger partial charge >= 0.3 is 0 Å². The summed E-state index contributed by atoms with van der Waals surface area (Å²) in [5.41, 5.74) is 3.06. The second kappa shape index (κ2) is 11.3. The predicted octanol–water partition coefficient (Wildman–Crippen LogP) is 7.84. The number of hydrogen-bond donors (Lipinski definition) is 0. The molecule has 3 heteroatoms. The predicted molar refractivity (Wildman–Crippen MR) is 140 cm³/mol. The van der Waals surface area contributed by atoms with Crippen molar-refractivity contribution in [1.82, 2.24) is 4.90 Å². The summed E-state index contributed by atoms with van der Waals surface area (Å²) in [7, 11) is 0. The van der Waals surface area contributed by atoms with Crippen LogP contribution in [0.3, 0.4) is 0 Å². The van der Waals surface area contributed by atoms with Crippen molar-refractivity contribution in [3.63, 3.8) is 0 Å². The number of carbonyl (C=O) groups is 2. The van der Waals surface area contributed by atoms with E-state index in [1.807, 2.05) is 43.3 Å². The van der Waals surface area contributed by atoms with Gasteiger partial charge in [-0.25, -0.2) is 0 Å². The molecule has 2 aromatic rings. The van der Waals surface area contributed by atoms with Gasteiger partial charge in [0.25, 0.3) is 11.8 Å². The van der Waals surface area contributed by atoms with Crippen LogP contribution in [0.4, 0.5) is 0 Å². The third-order valence-electron chi connectivity index (χ3n) is 6.00. The monoisotopic (exact) mass is 445 g/mol. The Bertz CT molecular complexity index is 1020. The van der Waals surface area contributed by atoms with Crippen LogP contribution in [0, 0.1) is 17.3 Å². The number of carbonyl (C=O) groups excluding carboxylic acids is 2. The molecule has 0 fully saturated rings. The van der Waals surface area contributed by atoms with Crippen LogP contribution in [0.5, 0.6) is 0 Å². The molecule has 0 spiro atoms. The van der Waals surface area contributed by atoms with Crippen LogP contribution in [0.25, 0.3) is 10.8 Å². The Morgan fingerprint density at radius 1 is 1.03 bits per heavy atom. The molecule has 1 heterocycles. The fraction of sp³-hybridized carbons (Fsp3) is 0.400. The SMILES string of the molecule is C=C/C=C\C(=C/C)C(CC(C)(C)C)C(C)C.CCN1C(=O)c2cccc3cccc(c23)C1=O. The van der Waals surface area contributed by atoms with E-state index in [0.29, 0.717) is 34.9 Å². The molecule has 2 aromatic carbocycles. The summed E-state index contributed by atoms with van der Waals surface area (Å²) in [6, 6.07) is 11.1. The molecule has 0 aliphatic carbocycles. The third-order valence-corrected chi connectivity index (χ3v) is 6.00. The second-order valence-corrected chi connectivity index (χ2v) is 10.1. The van der Waals surface area contributed by atoms with Gasteiger partial charge in [0.2, 0.25) is 0 Å². The Labute approximate surface area is 199 Å². The van der Waals surface area contributed by atoms with Crippen LogP contribution >= 0.6 is 0 Å². The smallest absolute Gasteiger partial charge is 0.261 e. The molecular weight excluding hydrogens is 406 g/mol. The highest BCUT2D eigenvalue weighted by Gasteiger charge is 2.31. The maximum absolute atomic E-state index is 12.1. The van der Waals surface area contributed by atoms with E-state index in [9.17, 15) is 9.59 Å². The Hall–Kier alpha value is -2.94. The van der Waals surface area contributed by atoms with E-state index in [0.717, 1.165) is 10.8 Å². The second-order valence-electron chi connectivity index (χ2n) is 10.1. The largest absolute Gasteiger partial charge is 0.275 e. The highest BCUT2D eigenvalue weighted by atomic mass is 16.2. The molecule has 0 bridgehead atoms. The van der Waals surface area contributed by atoms with Crippen LogP contribution < -0.4 is 0 Å². The van der Waals surface area contributed by atoms with E-state index >= 15 is 0 Å². The van der Waals surface area contributed by atoms with Gasteiger partial charge in [-0.1, -0.05) is 89.8 Å². The van der Waals surface area contributed by atoms with E-state index in [1.54, 1.807) is 12.1 Å². The lowest BCUT2D eigenvalue weighted by Gasteiger charge is -2.29. The minimum absolute atomic E-state index is 0.193. The van der Waals surface area contributed by atoms with Gasteiger partial charge < -0.3 is 0 Å². The van der Waals surface area contributed by atoms with Crippen LogP contribution in [0.1, 0.15) is 75.6 Å². The maximum atomic E-state index is 12.1. The van der Waals surface area contributed by atoms with E-state index in [-0.39, 0.29) is 11.8 Å². The van der Waals surface area contributed by atoms with Crippen LogP contribution in [-0.4, -0.2) is 23.3 Å². The van der Waals surface area contributed by atoms with E-state index in [1.165, 1.54) is 16.9 Å². The van der Waals surface area contributed by atoms with Gasteiger partial charge in [0.1, 0.15) is 0 Å². The topological polar surface area (TPSA) is 37.4 Å². The molecule has 2 amide bonds. The summed E-state index contributed by atoms with van der Waals surface area (Å²) in [6.45, 7) is 19.6. The number of benzene rings is 2. The number of amides is 2. The van der Waals surface area contributed by atoms with Crippen molar-refractivity contribution >= 4 is 22.6 Å². The zero-order valence-corrected chi connectivity index (χ0v) is 21.3. The van der Waals surface area contributed by atoms with E-state index in [2.05, 4.69) is 60.3 Å². The Kier molecular flexibility index (Phi) is 8.99. The zero-order chi connectivity index (χ0) is 24.8. The molecule has 0 saturated heterocycles. The van der Waals surface area contributed by atoms with Gasteiger partial charge in [0.15, 0.2) is 0 Å². The highest BCUT2D eigenvalue weighted by molar-refractivity contribution is 6.25. The molecule has 1 aliphatic heterocycles. The van der Waals surface area contributed by atoms with Gasteiger partial charge in [-0.3, -0.25) is 14.5 Å². The van der Waals surface area contributed by atoms with Crippen molar-refractivity contribution in [3.8, 4) is 0 Å². The molecule has 0 saturated carbocycles. The molecule has 1 aliphatic rings. The molecule has 3 nitrogen and oxygen atoms in total. The van der Waals surface area contributed by atoms with Crippen molar-refractivity contribution in [2.45, 2.75) is 54.9 Å². The van der Waals surface area contributed by atoms with Crippen molar-refractivity contribution in [2.75, 3.05) is 6.54 Å². The summed E-state index contributed by atoms with van der Waals surface area (Å²) in [5.74, 6) is 0.935. The quantitative estimate of drug-likeness (QED) is 0.335. The van der Waals surface area contributed by atoms with Gasteiger partial charge in [-0.05, 0) is 60.6 Å². The fourth-order valence-corrected chi connectivity index (χ4v) is 4.38. The molecule has 0 aromatic heterocycles. The van der Waals surface area contributed by atoms with Crippen LogP contribution in [0.2, 0.25) is 0 Å². The molecule has 176 valence electrons. The van der Waals surface area contributed by atoms with Crippen molar-refractivity contribution in [2.24, 2.45) is 17.3 Å². The number of imide groups is 1. The van der Waals surface area contributed by atoms with Crippen molar-refractivity contribution < 1.29 is 9.59 Å². The lowest BCUT2D eigenvalue weighted by Crippen LogP contribution is -2.39. The molecule has 0 radical (unpaired) electrons. The van der Waals surface area contributed by atoms with E-state index < -0.39 is 0 Å². The number of allylic oxidation sites excluding steroid dienone is 5. The minimum Gasteiger partial charge on any atom is -0.275 e.